The summed E-state index contributed by atoms with van der Waals surface area (Å²) < 4.78 is 0. The minimum Gasteiger partial charge on any atom is -0.105 e. The summed E-state index contributed by atoms with van der Waals surface area (Å²) in [4.78, 5) is 0. The monoisotopic (exact) mass is 133 g/mol. The van der Waals surface area contributed by atoms with Gasteiger partial charge >= 0.3 is 0 Å². The van der Waals surface area contributed by atoms with Crippen molar-refractivity contribution in [2.75, 3.05) is 0 Å². The molecule has 53 valence electrons. The normalized spacial score (nSPS) is 16.6. The number of hydrogen-bond donors (Lipinski definition) is 0. The Morgan fingerprint density at radius 1 is 1.50 bits per heavy atom. The molecule has 0 spiro atoms. The first-order chi connectivity index (χ1) is 4.86. The Bertz CT molecular complexity index is 166. The van der Waals surface area contributed by atoms with Gasteiger partial charge in [-0.2, -0.15) is 0 Å². The van der Waals surface area contributed by atoms with Crippen LogP contribution in [-0.2, 0) is 0 Å². The van der Waals surface area contributed by atoms with E-state index in [1.807, 2.05) is 0 Å². The Hall–Kier alpha value is -0.455. The van der Waals surface area contributed by atoms with Gasteiger partial charge in [-0.1, -0.05) is 37.9 Å². The molecule has 1 radical (unpaired) electrons. The first-order valence-electron chi connectivity index (χ1n) is 4.04. The zero-order valence-electron chi connectivity index (χ0n) is 6.85. The van der Waals surface area contributed by atoms with Gasteiger partial charge in [-0.3, -0.25) is 0 Å². The van der Waals surface area contributed by atoms with Crippen molar-refractivity contribution < 1.29 is 0 Å². The van der Waals surface area contributed by atoms with E-state index < -0.39 is 0 Å². The van der Waals surface area contributed by atoms with Gasteiger partial charge in [0.25, 0.3) is 0 Å². The predicted molar refractivity (Wildman–Crippen MR) is 47.3 cm³/mol. The van der Waals surface area contributed by atoms with Crippen molar-refractivity contribution in [2.45, 2.75) is 33.0 Å². The quantitative estimate of drug-likeness (QED) is 0.519. The highest BCUT2D eigenvalue weighted by Gasteiger charge is 2.04. The lowest BCUT2D eigenvalue weighted by atomic mass is 9.71. The highest BCUT2D eigenvalue weighted by atomic mass is 14.0. The molecule has 0 unspecified atom stereocenters. The third-order valence-electron chi connectivity index (χ3n) is 1.91. The second-order valence-corrected chi connectivity index (χ2v) is 2.78. The van der Waals surface area contributed by atoms with Gasteiger partial charge in [0.1, 0.15) is 7.28 Å². The van der Waals surface area contributed by atoms with Gasteiger partial charge in [0.05, 0.1) is 0 Å². The van der Waals surface area contributed by atoms with Crippen molar-refractivity contribution in [2.24, 2.45) is 0 Å². The molecule has 1 heteroatoms. The Kier molecular flexibility index (Phi) is 2.79. The van der Waals surface area contributed by atoms with Crippen LogP contribution in [0.4, 0.5) is 0 Å². The molecule has 0 saturated carbocycles. The van der Waals surface area contributed by atoms with E-state index in [9.17, 15) is 0 Å². The highest BCUT2D eigenvalue weighted by molar-refractivity contribution is 6.43. The van der Waals surface area contributed by atoms with E-state index in [4.69, 9.17) is 0 Å². The maximum atomic E-state index is 2.26. The second kappa shape index (κ2) is 3.65. The van der Waals surface area contributed by atoms with Gasteiger partial charge in [0, 0.05) is 0 Å². The van der Waals surface area contributed by atoms with Crippen molar-refractivity contribution in [1.29, 1.82) is 0 Å². The third-order valence-corrected chi connectivity index (χ3v) is 1.91. The smallest absolute Gasteiger partial charge is 0.105 e. The van der Waals surface area contributed by atoms with Gasteiger partial charge in [0.2, 0.25) is 0 Å². The summed E-state index contributed by atoms with van der Waals surface area (Å²) in [6.45, 7) is 4.34. The average Bonchev–Trinajstić information content (AvgIpc) is 2.37. The second-order valence-electron chi connectivity index (χ2n) is 2.78. The lowest BCUT2D eigenvalue weighted by molar-refractivity contribution is 0.884. The lowest BCUT2D eigenvalue weighted by Gasteiger charge is -1.99. The molecule has 0 aromatic rings. The molecule has 0 aliphatic heterocycles. The largest absolute Gasteiger partial charge is 0.142 e. The number of allylic oxidation sites excluding steroid dienone is 4. The van der Waals surface area contributed by atoms with Gasteiger partial charge in [-0.05, 0) is 12.8 Å². The molecule has 0 bridgehead atoms. The predicted octanol–water partition coefficient (Wildman–Crippen LogP) is 2.75. The minimum absolute atomic E-state index is 1.20. The fourth-order valence-electron chi connectivity index (χ4n) is 1.30. The molecule has 1 aliphatic carbocycles. The topological polar surface area (TPSA) is 0 Å². The van der Waals surface area contributed by atoms with Crippen molar-refractivity contribution in [1.82, 2.24) is 0 Å². The van der Waals surface area contributed by atoms with E-state index in [2.05, 4.69) is 33.2 Å². The van der Waals surface area contributed by atoms with E-state index in [0.29, 0.717) is 0 Å². The fourth-order valence-corrected chi connectivity index (χ4v) is 1.30. The summed E-state index contributed by atoms with van der Waals surface area (Å²) in [6, 6.07) is 0. The molecular weight excluding hydrogens is 119 g/mol. The maximum absolute atomic E-state index is 2.26. The Morgan fingerprint density at radius 2 is 2.30 bits per heavy atom. The van der Waals surface area contributed by atoms with Crippen LogP contribution in [0.2, 0.25) is 6.82 Å². The van der Waals surface area contributed by atoms with Crippen LogP contribution >= 0.6 is 0 Å². The SMILES string of the molecule is C[B]C1=CC=C(CCC)C1. The molecule has 10 heavy (non-hydrogen) atoms. The molecule has 0 saturated heterocycles. The standard InChI is InChI=1S/C9H14B/c1-3-4-8-5-6-9(7-8)10-2/h5-6H,3-4,7H2,1-2H3. The average molecular weight is 133 g/mol. The number of rotatable bonds is 3. The van der Waals surface area contributed by atoms with Crippen LogP contribution in [-0.4, -0.2) is 7.28 Å². The zero-order chi connectivity index (χ0) is 7.40. The first kappa shape index (κ1) is 7.65. The molecule has 0 aromatic carbocycles. The summed E-state index contributed by atoms with van der Waals surface area (Å²) in [5.41, 5.74) is 3.07. The van der Waals surface area contributed by atoms with Crippen molar-refractivity contribution in [3.05, 3.63) is 23.2 Å². The molecule has 0 fully saturated rings. The summed E-state index contributed by atoms with van der Waals surface area (Å²) in [7, 11) is 2.19. The number of hydrogen-bond acceptors (Lipinski definition) is 0. The molecule has 0 N–H and O–H groups in total. The molecule has 1 rings (SSSR count). The maximum Gasteiger partial charge on any atom is 0.142 e. The lowest BCUT2D eigenvalue weighted by Crippen LogP contribution is -1.88. The van der Waals surface area contributed by atoms with Gasteiger partial charge in [-0.15, -0.1) is 5.47 Å². The van der Waals surface area contributed by atoms with Crippen LogP contribution in [0.15, 0.2) is 23.2 Å². The third kappa shape index (κ3) is 1.76. The summed E-state index contributed by atoms with van der Waals surface area (Å²) in [6.07, 6.45) is 8.23. The van der Waals surface area contributed by atoms with Crippen molar-refractivity contribution in [3.63, 3.8) is 0 Å². The Labute approximate surface area is 64.3 Å². The first-order valence-corrected chi connectivity index (χ1v) is 4.04. The van der Waals surface area contributed by atoms with Crippen LogP contribution in [0.5, 0.6) is 0 Å². The van der Waals surface area contributed by atoms with E-state index >= 15 is 0 Å². The van der Waals surface area contributed by atoms with E-state index in [1.54, 1.807) is 5.57 Å². The summed E-state index contributed by atoms with van der Waals surface area (Å²) in [5, 5.41) is 0. The molecule has 0 nitrogen and oxygen atoms in total. The van der Waals surface area contributed by atoms with Gasteiger partial charge in [0.15, 0.2) is 0 Å². The van der Waals surface area contributed by atoms with E-state index in [-0.39, 0.29) is 0 Å². The van der Waals surface area contributed by atoms with Crippen LogP contribution in [0.25, 0.3) is 0 Å². The van der Waals surface area contributed by atoms with Crippen molar-refractivity contribution >= 4 is 7.28 Å². The summed E-state index contributed by atoms with van der Waals surface area (Å²) >= 11 is 0. The van der Waals surface area contributed by atoms with Crippen LogP contribution < -0.4 is 0 Å². The van der Waals surface area contributed by atoms with E-state index in [0.717, 1.165) is 0 Å². The molecule has 0 atom stereocenters. The van der Waals surface area contributed by atoms with Crippen LogP contribution in [0.1, 0.15) is 26.2 Å². The molecule has 0 heterocycles. The Morgan fingerprint density at radius 3 is 2.80 bits per heavy atom. The zero-order valence-corrected chi connectivity index (χ0v) is 6.85. The molecular formula is C9H14B. The van der Waals surface area contributed by atoms with Crippen LogP contribution in [0.3, 0.4) is 0 Å². The van der Waals surface area contributed by atoms with Gasteiger partial charge in [-0.25, -0.2) is 0 Å². The van der Waals surface area contributed by atoms with Crippen LogP contribution in [0, 0.1) is 0 Å². The molecule has 1 aliphatic rings. The minimum atomic E-state index is 1.20. The molecule has 0 amide bonds. The Balaban J connectivity index is 2.33. The fraction of sp³-hybridized carbons (Fsp3) is 0.556. The summed E-state index contributed by atoms with van der Waals surface area (Å²) in [5.74, 6) is 0. The van der Waals surface area contributed by atoms with E-state index in [1.165, 1.54) is 24.7 Å². The van der Waals surface area contributed by atoms with Gasteiger partial charge < -0.3 is 0 Å². The highest BCUT2D eigenvalue weighted by Crippen LogP contribution is 2.21. The molecule has 0 aromatic heterocycles. The van der Waals surface area contributed by atoms with Crippen molar-refractivity contribution in [3.8, 4) is 0 Å².